The van der Waals surface area contributed by atoms with Gasteiger partial charge in [-0.05, 0) is 65.8 Å². The summed E-state index contributed by atoms with van der Waals surface area (Å²) in [5.41, 5.74) is 4.31. The van der Waals surface area contributed by atoms with Crippen LogP contribution in [0.3, 0.4) is 0 Å². The van der Waals surface area contributed by atoms with Gasteiger partial charge < -0.3 is 34.6 Å². The summed E-state index contributed by atoms with van der Waals surface area (Å²) < 4.78 is 17.2. The van der Waals surface area contributed by atoms with Crippen LogP contribution in [0.15, 0.2) is 59.4 Å². The molecule has 1 aliphatic heterocycles. The number of fused-ring (bicyclic) bond motifs is 3. The standard InChI is InChI=1S/C36H44N4O6/c1-22(2)33(36(43)40-18-16-39(17-19-40)25-10-8-7-9-11-25)38-29-15-13-26-27(21-30(29)42)28(37-23(3)41)14-12-24-20-31(44-4)34(45-5)35(46-6)32(24)26/h7-11,13,15,20-22,28,33H,12,14,16-19H2,1-6H3,(H,37,41)(H,38,42)/t28-,33-/m0/s1. The van der Waals surface area contributed by atoms with Gasteiger partial charge in [0.2, 0.25) is 23.0 Å². The van der Waals surface area contributed by atoms with Crippen LogP contribution < -0.4 is 35.2 Å². The second-order valence-electron chi connectivity index (χ2n) is 12.1. The number of carbonyl (C=O) groups is 2. The molecule has 0 saturated carbocycles. The fourth-order valence-corrected chi connectivity index (χ4v) is 6.53. The number of nitrogens with zero attached hydrogens (tertiary/aromatic N) is 2. The van der Waals surface area contributed by atoms with Crippen molar-refractivity contribution in [2.75, 3.05) is 57.7 Å². The topological polar surface area (TPSA) is 109 Å². The van der Waals surface area contributed by atoms with E-state index in [0.29, 0.717) is 54.4 Å². The first-order valence-corrected chi connectivity index (χ1v) is 15.8. The molecule has 0 spiro atoms. The lowest BCUT2D eigenvalue weighted by Crippen LogP contribution is -2.54. The highest BCUT2D eigenvalue weighted by Gasteiger charge is 2.32. The molecule has 2 amide bonds. The van der Waals surface area contributed by atoms with Crippen molar-refractivity contribution in [2.24, 2.45) is 5.92 Å². The van der Waals surface area contributed by atoms with Crippen LogP contribution in [0.4, 0.5) is 11.4 Å². The number of aryl methyl sites for hydroxylation is 1. The summed E-state index contributed by atoms with van der Waals surface area (Å²) in [7, 11) is 4.70. The van der Waals surface area contributed by atoms with E-state index in [1.807, 2.05) is 49.1 Å². The molecule has 2 atom stereocenters. The van der Waals surface area contributed by atoms with E-state index in [1.54, 1.807) is 33.5 Å². The van der Waals surface area contributed by atoms with E-state index >= 15 is 0 Å². The molecule has 1 fully saturated rings. The number of hydrogen-bond acceptors (Lipinski definition) is 8. The number of ether oxygens (including phenoxy) is 3. The molecule has 3 aromatic rings. The van der Waals surface area contributed by atoms with Gasteiger partial charge in [0.05, 0.1) is 33.1 Å². The monoisotopic (exact) mass is 628 g/mol. The van der Waals surface area contributed by atoms with Gasteiger partial charge in [0.15, 0.2) is 11.5 Å². The average molecular weight is 629 g/mol. The molecule has 3 aromatic carbocycles. The van der Waals surface area contributed by atoms with Crippen molar-refractivity contribution < 1.29 is 23.8 Å². The Morgan fingerprint density at radius 2 is 1.59 bits per heavy atom. The normalized spacial score (nSPS) is 16.5. The highest BCUT2D eigenvalue weighted by molar-refractivity contribution is 5.86. The Hall–Kier alpha value is -4.73. The highest BCUT2D eigenvalue weighted by atomic mass is 16.5. The average Bonchev–Trinajstić information content (AvgIpc) is 3.30. The van der Waals surface area contributed by atoms with Crippen LogP contribution in [-0.2, 0) is 16.0 Å². The molecule has 1 heterocycles. The van der Waals surface area contributed by atoms with Gasteiger partial charge >= 0.3 is 0 Å². The van der Waals surface area contributed by atoms with Gasteiger partial charge in [-0.3, -0.25) is 14.4 Å². The van der Waals surface area contributed by atoms with Gasteiger partial charge in [0.25, 0.3) is 0 Å². The van der Waals surface area contributed by atoms with Gasteiger partial charge in [-0.2, -0.15) is 0 Å². The van der Waals surface area contributed by atoms with E-state index in [9.17, 15) is 14.4 Å². The summed E-state index contributed by atoms with van der Waals surface area (Å²) in [6.45, 7) is 8.09. The lowest BCUT2D eigenvalue weighted by Gasteiger charge is -2.38. The quantitative estimate of drug-likeness (QED) is 0.353. The number of para-hydroxylation sites is 1. The zero-order chi connectivity index (χ0) is 33.0. The van der Waals surface area contributed by atoms with Gasteiger partial charge in [-0.25, -0.2) is 0 Å². The van der Waals surface area contributed by atoms with Crippen LogP contribution in [0.5, 0.6) is 17.2 Å². The summed E-state index contributed by atoms with van der Waals surface area (Å²) >= 11 is 0. The molecular weight excluding hydrogens is 584 g/mol. The zero-order valence-corrected chi connectivity index (χ0v) is 27.5. The summed E-state index contributed by atoms with van der Waals surface area (Å²) in [6, 6.07) is 16.3. The Morgan fingerprint density at radius 1 is 0.891 bits per heavy atom. The molecule has 0 unspecified atom stereocenters. The molecule has 10 nitrogen and oxygen atoms in total. The highest BCUT2D eigenvalue weighted by Crippen LogP contribution is 2.50. The maximum atomic E-state index is 13.9. The van der Waals surface area contributed by atoms with Crippen molar-refractivity contribution in [2.45, 2.75) is 45.7 Å². The number of nitrogens with one attached hydrogen (secondary N) is 2. The Balaban J connectivity index is 1.51. The minimum atomic E-state index is -0.601. The summed E-state index contributed by atoms with van der Waals surface area (Å²) in [6.07, 6.45) is 1.17. The van der Waals surface area contributed by atoms with Crippen molar-refractivity contribution in [1.29, 1.82) is 0 Å². The predicted molar refractivity (Wildman–Crippen MR) is 180 cm³/mol. The second-order valence-corrected chi connectivity index (χ2v) is 12.1. The third-order valence-corrected chi connectivity index (χ3v) is 8.87. The molecule has 1 aliphatic carbocycles. The summed E-state index contributed by atoms with van der Waals surface area (Å²) in [5, 5.41) is 6.35. The first kappa shape index (κ1) is 32.7. The van der Waals surface area contributed by atoms with Crippen LogP contribution in [0, 0.1) is 5.92 Å². The van der Waals surface area contributed by atoms with E-state index in [2.05, 4.69) is 27.7 Å². The smallest absolute Gasteiger partial charge is 0.245 e. The molecule has 0 aromatic heterocycles. The predicted octanol–water partition coefficient (Wildman–Crippen LogP) is 4.65. The maximum Gasteiger partial charge on any atom is 0.245 e. The molecule has 244 valence electrons. The fourth-order valence-electron chi connectivity index (χ4n) is 6.53. The minimum Gasteiger partial charge on any atom is -0.493 e. The van der Waals surface area contributed by atoms with Gasteiger partial charge in [-0.15, -0.1) is 0 Å². The van der Waals surface area contributed by atoms with E-state index in [4.69, 9.17) is 14.2 Å². The molecule has 46 heavy (non-hydrogen) atoms. The SMILES string of the molecule is COc1cc2c(c(OC)c1OC)-c1ccc(N[C@H](C(=O)N3CCN(c4ccccc4)CC3)C(C)C)c(=O)cc1[C@@H](NC(C)=O)CC2. The Kier molecular flexibility index (Phi) is 10.0. The van der Waals surface area contributed by atoms with Crippen LogP contribution in [-0.4, -0.2) is 70.3 Å². The van der Waals surface area contributed by atoms with Crippen LogP contribution in [0.1, 0.15) is 44.4 Å². The van der Waals surface area contributed by atoms with E-state index in [-0.39, 0.29) is 23.2 Å². The van der Waals surface area contributed by atoms with E-state index in [0.717, 1.165) is 35.5 Å². The number of carbonyl (C=O) groups excluding carboxylic acids is 2. The maximum absolute atomic E-state index is 13.9. The molecule has 0 bridgehead atoms. The number of piperazine rings is 1. The molecule has 5 rings (SSSR count). The summed E-state index contributed by atoms with van der Waals surface area (Å²) in [4.78, 5) is 44.2. The van der Waals surface area contributed by atoms with Crippen LogP contribution >= 0.6 is 0 Å². The van der Waals surface area contributed by atoms with Crippen molar-refractivity contribution in [3.05, 3.63) is 75.9 Å². The molecule has 2 N–H and O–H groups in total. The number of anilines is 2. The third-order valence-electron chi connectivity index (χ3n) is 8.87. The lowest BCUT2D eigenvalue weighted by atomic mass is 9.95. The number of amides is 2. The van der Waals surface area contributed by atoms with Crippen molar-refractivity contribution in [3.63, 3.8) is 0 Å². The van der Waals surface area contributed by atoms with Gasteiger partial charge in [-0.1, -0.05) is 38.1 Å². The molecular formula is C36H44N4O6. The number of methoxy groups -OCH3 is 3. The van der Waals surface area contributed by atoms with Gasteiger partial charge in [0, 0.05) is 44.4 Å². The molecule has 2 aliphatic rings. The molecule has 10 heteroatoms. The Labute approximate surface area is 270 Å². The first-order valence-electron chi connectivity index (χ1n) is 15.8. The third kappa shape index (κ3) is 6.61. The molecule has 1 saturated heterocycles. The number of benzene rings is 2. The van der Waals surface area contributed by atoms with Gasteiger partial charge in [0.1, 0.15) is 6.04 Å². The largest absolute Gasteiger partial charge is 0.493 e. The minimum absolute atomic E-state index is 0.0323. The van der Waals surface area contributed by atoms with Crippen LogP contribution in [0.2, 0.25) is 0 Å². The van der Waals surface area contributed by atoms with E-state index < -0.39 is 12.1 Å². The second kappa shape index (κ2) is 14.1. The van der Waals surface area contributed by atoms with Crippen molar-refractivity contribution in [3.8, 4) is 28.4 Å². The summed E-state index contributed by atoms with van der Waals surface area (Å²) in [5.74, 6) is 1.16. The van der Waals surface area contributed by atoms with Crippen LogP contribution in [0.25, 0.3) is 11.1 Å². The molecule has 0 radical (unpaired) electrons. The lowest BCUT2D eigenvalue weighted by molar-refractivity contribution is -0.133. The first-order chi connectivity index (χ1) is 22.2. The zero-order valence-electron chi connectivity index (χ0n) is 27.5. The fraction of sp³-hybridized carbons (Fsp3) is 0.417. The number of rotatable bonds is 9. The van der Waals surface area contributed by atoms with Crippen molar-refractivity contribution >= 4 is 23.2 Å². The Bertz CT molecular complexity index is 1640. The van der Waals surface area contributed by atoms with Crippen molar-refractivity contribution in [1.82, 2.24) is 10.2 Å². The number of hydrogen-bond donors (Lipinski definition) is 2. The Morgan fingerprint density at radius 3 is 2.20 bits per heavy atom. The van der Waals surface area contributed by atoms with E-state index in [1.165, 1.54) is 6.92 Å².